The highest BCUT2D eigenvalue weighted by atomic mass is 32.1. The number of hydrogen-bond donors (Lipinski definition) is 2. The number of rotatable bonds is 6. The van der Waals surface area contributed by atoms with Crippen molar-refractivity contribution in [1.82, 2.24) is 10.3 Å². The summed E-state index contributed by atoms with van der Waals surface area (Å²) in [7, 11) is 0. The molecule has 0 bridgehead atoms. The van der Waals surface area contributed by atoms with Gasteiger partial charge in [0.2, 0.25) is 0 Å². The van der Waals surface area contributed by atoms with Crippen molar-refractivity contribution in [2.24, 2.45) is 0 Å². The molecule has 0 aliphatic carbocycles. The Labute approximate surface area is 154 Å². The van der Waals surface area contributed by atoms with Gasteiger partial charge in [-0.15, -0.1) is 11.3 Å². The number of aromatic nitrogens is 1. The summed E-state index contributed by atoms with van der Waals surface area (Å²) in [4.78, 5) is 28.7. The number of carbonyl (C=O) groups excluding carboxylic acids is 1. The summed E-state index contributed by atoms with van der Waals surface area (Å²) in [5.41, 5.74) is 0.615. The van der Waals surface area contributed by atoms with Gasteiger partial charge < -0.3 is 15.2 Å². The second-order valence-electron chi connectivity index (χ2n) is 6.43. The number of carboxylic acid groups (broad SMARTS) is 1. The van der Waals surface area contributed by atoms with Gasteiger partial charge in [-0.25, -0.2) is 9.37 Å². The van der Waals surface area contributed by atoms with Crippen LogP contribution in [0.25, 0.3) is 0 Å². The maximum atomic E-state index is 13.0. The lowest BCUT2D eigenvalue weighted by Crippen LogP contribution is -2.50. The zero-order chi connectivity index (χ0) is 18.7. The van der Waals surface area contributed by atoms with Crippen LogP contribution in [0.3, 0.4) is 0 Å². The quantitative estimate of drug-likeness (QED) is 0.806. The number of hydrogen-bond acceptors (Lipinski definition) is 5. The molecule has 0 radical (unpaired) electrons. The Hall–Kier alpha value is -2.32. The SMILES string of the molecule is Cc1nc(Cc2ccc(F)cc2)sc1C(=O)NC1(CC(=O)O)CCOC1. The van der Waals surface area contributed by atoms with Gasteiger partial charge in [-0.1, -0.05) is 12.1 Å². The molecule has 1 amide bonds. The first-order valence-electron chi connectivity index (χ1n) is 8.20. The Morgan fingerprint density at radius 2 is 2.12 bits per heavy atom. The van der Waals surface area contributed by atoms with Crippen molar-refractivity contribution in [3.8, 4) is 0 Å². The Balaban J connectivity index is 1.74. The largest absolute Gasteiger partial charge is 0.481 e. The summed E-state index contributed by atoms with van der Waals surface area (Å²) in [6.45, 7) is 2.35. The highest BCUT2D eigenvalue weighted by Crippen LogP contribution is 2.26. The highest BCUT2D eigenvalue weighted by Gasteiger charge is 2.39. The Morgan fingerprint density at radius 3 is 2.73 bits per heavy atom. The van der Waals surface area contributed by atoms with Crippen LogP contribution < -0.4 is 5.32 Å². The molecule has 26 heavy (non-hydrogen) atoms. The smallest absolute Gasteiger partial charge is 0.305 e. The molecule has 1 saturated heterocycles. The maximum Gasteiger partial charge on any atom is 0.305 e. The molecular weight excluding hydrogens is 359 g/mol. The van der Waals surface area contributed by atoms with E-state index in [4.69, 9.17) is 9.84 Å². The third-order valence-electron chi connectivity index (χ3n) is 4.29. The number of benzene rings is 1. The molecule has 1 fully saturated rings. The van der Waals surface area contributed by atoms with Crippen molar-refractivity contribution >= 4 is 23.2 Å². The van der Waals surface area contributed by atoms with Crippen molar-refractivity contribution in [3.63, 3.8) is 0 Å². The van der Waals surface area contributed by atoms with E-state index in [0.717, 1.165) is 10.6 Å². The van der Waals surface area contributed by atoms with Crippen LogP contribution in [0.5, 0.6) is 0 Å². The van der Waals surface area contributed by atoms with Crippen molar-refractivity contribution in [1.29, 1.82) is 0 Å². The molecule has 2 heterocycles. The van der Waals surface area contributed by atoms with Gasteiger partial charge in [0.25, 0.3) is 5.91 Å². The molecule has 0 saturated carbocycles. The van der Waals surface area contributed by atoms with Crippen LogP contribution in [-0.2, 0) is 16.0 Å². The van der Waals surface area contributed by atoms with E-state index in [1.807, 2.05) is 0 Å². The minimum atomic E-state index is -0.978. The number of thiazole rings is 1. The maximum absolute atomic E-state index is 13.0. The summed E-state index contributed by atoms with van der Waals surface area (Å²) < 4.78 is 18.3. The molecule has 1 atom stereocenters. The number of nitrogens with one attached hydrogen (secondary N) is 1. The molecule has 3 rings (SSSR count). The van der Waals surface area contributed by atoms with Gasteiger partial charge in [0.1, 0.15) is 10.7 Å². The van der Waals surface area contributed by atoms with Gasteiger partial charge in [0.05, 0.1) is 29.3 Å². The van der Waals surface area contributed by atoms with Gasteiger partial charge >= 0.3 is 5.97 Å². The fourth-order valence-electron chi connectivity index (χ4n) is 2.99. The fraction of sp³-hybridized carbons (Fsp3) is 0.389. The number of aliphatic carboxylic acids is 1. The summed E-state index contributed by atoms with van der Waals surface area (Å²) in [6.07, 6.45) is 0.785. The molecule has 0 spiro atoms. The fourth-order valence-corrected chi connectivity index (χ4v) is 3.99. The van der Waals surface area contributed by atoms with E-state index in [-0.39, 0.29) is 24.8 Å². The van der Waals surface area contributed by atoms with Crippen molar-refractivity contribution < 1.29 is 23.8 Å². The molecule has 138 valence electrons. The number of aryl methyl sites for hydroxylation is 1. The number of nitrogens with zero attached hydrogens (tertiary/aromatic N) is 1. The van der Waals surface area contributed by atoms with Crippen molar-refractivity contribution in [3.05, 3.63) is 51.2 Å². The zero-order valence-corrected chi connectivity index (χ0v) is 15.1. The van der Waals surface area contributed by atoms with Crippen LogP contribution in [0.1, 0.15) is 38.8 Å². The average molecular weight is 378 g/mol. The predicted octanol–water partition coefficient (Wildman–Crippen LogP) is 2.55. The first-order valence-corrected chi connectivity index (χ1v) is 9.01. The monoisotopic (exact) mass is 378 g/mol. The summed E-state index contributed by atoms with van der Waals surface area (Å²) >= 11 is 1.26. The molecule has 1 unspecified atom stereocenters. The molecule has 1 aromatic carbocycles. The highest BCUT2D eigenvalue weighted by molar-refractivity contribution is 7.13. The van der Waals surface area contributed by atoms with E-state index >= 15 is 0 Å². The lowest BCUT2D eigenvalue weighted by molar-refractivity contribution is -0.138. The lowest BCUT2D eigenvalue weighted by atomic mass is 9.94. The van der Waals surface area contributed by atoms with Crippen LogP contribution in [0.2, 0.25) is 0 Å². The summed E-state index contributed by atoms with van der Waals surface area (Å²) in [5.74, 6) is -1.61. The molecule has 8 heteroatoms. The number of ether oxygens (including phenoxy) is 1. The molecule has 2 N–H and O–H groups in total. The molecular formula is C18H19FN2O4S. The Kier molecular flexibility index (Phi) is 5.33. The third-order valence-corrected chi connectivity index (χ3v) is 5.44. The van der Waals surface area contributed by atoms with Gasteiger partial charge in [-0.05, 0) is 31.0 Å². The average Bonchev–Trinajstić information content (AvgIpc) is 3.16. The van der Waals surface area contributed by atoms with Crippen LogP contribution in [0.4, 0.5) is 4.39 Å². The molecule has 1 aliphatic rings. The van der Waals surface area contributed by atoms with E-state index < -0.39 is 11.5 Å². The van der Waals surface area contributed by atoms with Crippen LogP contribution in [0, 0.1) is 12.7 Å². The van der Waals surface area contributed by atoms with Crippen LogP contribution >= 0.6 is 11.3 Å². The predicted molar refractivity (Wildman–Crippen MR) is 93.9 cm³/mol. The van der Waals surface area contributed by atoms with Crippen molar-refractivity contribution in [2.75, 3.05) is 13.2 Å². The van der Waals surface area contributed by atoms with Gasteiger partial charge in [0, 0.05) is 13.0 Å². The topological polar surface area (TPSA) is 88.5 Å². The first kappa shape index (κ1) is 18.5. The zero-order valence-electron chi connectivity index (χ0n) is 14.3. The molecule has 2 aromatic rings. The second-order valence-corrected chi connectivity index (χ2v) is 7.52. The van der Waals surface area contributed by atoms with Gasteiger partial charge in [-0.2, -0.15) is 0 Å². The molecule has 1 aromatic heterocycles. The van der Waals surface area contributed by atoms with Crippen LogP contribution in [-0.4, -0.2) is 40.7 Å². The third kappa shape index (κ3) is 4.25. The molecule has 6 nitrogen and oxygen atoms in total. The van der Waals surface area contributed by atoms with E-state index in [0.29, 0.717) is 30.0 Å². The van der Waals surface area contributed by atoms with Gasteiger partial charge in [0.15, 0.2) is 0 Å². The number of amides is 1. The standard InChI is InChI=1S/C18H19FN2O4S/c1-11-16(17(24)21-18(9-15(22)23)6-7-25-10-18)26-14(20-11)8-12-2-4-13(19)5-3-12/h2-5H,6-10H2,1H3,(H,21,24)(H,22,23). The lowest BCUT2D eigenvalue weighted by Gasteiger charge is -2.26. The molecule has 1 aliphatic heterocycles. The summed E-state index contributed by atoms with van der Waals surface area (Å²) in [6, 6.07) is 6.14. The van der Waals surface area contributed by atoms with Gasteiger partial charge in [-0.3, -0.25) is 9.59 Å². The first-order chi connectivity index (χ1) is 12.4. The summed E-state index contributed by atoms with van der Waals surface area (Å²) in [5, 5.41) is 12.7. The minimum Gasteiger partial charge on any atom is -0.481 e. The normalized spacial score (nSPS) is 19.5. The second kappa shape index (κ2) is 7.51. The van der Waals surface area contributed by atoms with E-state index in [1.165, 1.54) is 23.5 Å². The number of halogens is 1. The Morgan fingerprint density at radius 1 is 1.38 bits per heavy atom. The van der Waals surface area contributed by atoms with Crippen LogP contribution in [0.15, 0.2) is 24.3 Å². The van der Waals surface area contributed by atoms with Crippen molar-refractivity contribution in [2.45, 2.75) is 31.7 Å². The number of carbonyl (C=O) groups is 2. The number of carboxylic acids is 1. The van der Waals surface area contributed by atoms with E-state index in [9.17, 15) is 14.0 Å². The van der Waals surface area contributed by atoms with E-state index in [1.54, 1.807) is 19.1 Å². The minimum absolute atomic E-state index is 0.182. The van der Waals surface area contributed by atoms with E-state index in [2.05, 4.69) is 10.3 Å². The Bertz CT molecular complexity index is 813.